The van der Waals surface area contributed by atoms with Gasteiger partial charge in [-0.15, -0.1) is 0 Å². The number of nitro benzene ring substituents is 1. The number of anilines is 1. The third-order valence-electron chi connectivity index (χ3n) is 5.86. The summed E-state index contributed by atoms with van der Waals surface area (Å²) in [5.41, 5.74) is 2.41. The van der Waals surface area contributed by atoms with E-state index < -0.39 is 14.9 Å². The molecule has 2 N–H and O–H groups in total. The average molecular weight is 556 g/mol. The van der Waals surface area contributed by atoms with Gasteiger partial charge >= 0.3 is 0 Å². The summed E-state index contributed by atoms with van der Waals surface area (Å²) in [5, 5.41) is 22.7. The number of aromatic amines is 1. The van der Waals surface area contributed by atoms with Crippen molar-refractivity contribution in [3.8, 4) is 5.88 Å². The molecule has 12 heteroatoms. The van der Waals surface area contributed by atoms with Gasteiger partial charge in [0.15, 0.2) is 5.88 Å². The Kier molecular flexibility index (Phi) is 7.72. The zero-order valence-electron chi connectivity index (χ0n) is 20.9. The quantitative estimate of drug-likeness (QED) is 0.171. The molecule has 198 valence electrons. The van der Waals surface area contributed by atoms with E-state index in [4.69, 9.17) is 16.6 Å². The Morgan fingerprint density at radius 3 is 2.32 bits per heavy atom. The van der Waals surface area contributed by atoms with Gasteiger partial charge in [0.1, 0.15) is 5.02 Å². The van der Waals surface area contributed by atoms with Crippen LogP contribution in [0.3, 0.4) is 0 Å². The van der Waals surface area contributed by atoms with E-state index in [0.29, 0.717) is 40.1 Å². The fraction of sp³-hybridized carbons (Fsp3) is 0.192. The minimum atomic E-state index is -3.50. The molecular weight excluding hydrogens is 530 g/mol. The van der Waals surface area contributed by atoms with E-state index in [-0.39, 0.29) is 28.7 Å². The van der Waals surface area contributed by atoms with Gasteiger partial charge in [-0.05, 0) is 44.4 Å². The first-order chi connectivity index (χ1) is 18.0. The Bertz CT molecular complexity index is 1620. The molecule has 0 aliphatic rings. The lowest BCUT2D eigenvalue weighted by Gasteiger charge is -2.24. The van der Waals surface area contributed by atoms with Gasteiger partial charge in [-0.1, -0.05) is 41.9 Å². The fourth-order valence-corrected chi connectivity index (χ4v) is 5.18. The molecule has 4 rings (SSSR count). The van der Waals surface area contributed by atoms with Crippen LogP contribution in [0.25, 0.3) is 10.9 Å². The Labute approximate surface area is 225 Å². The molecule has 0 atom stereocenters. The van der Waals surface area contributed by atoms with Gasteiger partial charge < -0.3 is 15.0 Å². The molecule has 1 aromatic heterocycles. The Morgan fingerprint density at radius 2 is 1.74 bits per heavy atom. The summed E-state index contributed by atoms with van der Waals surface area (Å²) in [7, 11) is 0.230. The molecular formula is C26H26ClN5O5S. The van der Waals surface area contributed by atoms with Crippen molar-refractivity contribution in [3.05, 3.63) is 93.0 Å². The van der Waals surface area contributed by atoms with Crippen LogP contribution in [0, 0.1) is 10.1 Å². The first-order valence-corrected chi connectivity index (χ1v) is 13.7. The number of nitro groups is 1. The van der Waals surface area contributed by atoms with Crippen LogP contribution in [0.1, 0.15) is 11.1 Å². The molecule has 38 heavy (non-hydrogen) atoms. The van der Waals surface area contributed by atoms with Gasteiger partial charge in [-0.25, -0.2) is 13.4 Å². The van der Waals surface area contributed by atoms with Crippen LogP contribution in [0.4, 0.5) is 17.1 Å². The Balaban J connectivity index is 1.85. The third-order valence-corrected chi connectivity index (χ3v) is 7.35. The Hall–Kier alpha value is -3.93. The van der Waals surface area contributed by atoms with Gasteiger partial charge in [0.25, 0.3) is 5.69 Å². The van der Waals surface area contributed by atoms with Gasteiger partial charge in [0, 0.05) is 30.1 Å². The number of benzene rings is 3. The second-order valence-corrected chi connectivity index (χ2v) is 11.3. The fourth-order valence-electron chi connectivity index (χ4n) is 4.03. The van der Waals surface area contributed by atoms with Gasteiger partial charge in [-0.2, -0.15) is 0 Å². The largest absolute Gasteiger partial charge is 0.494 e. The number of aliphatic imine (C=N–C) groups is 1. The molecule has 0 aliphatic carbocycles. The summed E-state index contributed by atoms with van der Waals surface area (Å²) in [5.74, 6) is -0.220. The first-order valence-electron chi connectivity index (χ1n) is 11.5. The molecule has 0 bridgehead atoms. The van der Waals surface area contributed by atoms with E-state index in [9.17, 15) is 23.6 Å². The van der Waals surface area contributed by atoms with E-state index >= 15 is 0 Å². The van der Waals surface area contributed by atoms with Gasteiger partial charge in [-0.3, -0.25) is 14.4 Å². The highest BCUT2D eigenvalue weighted by molar-refractivity contribution is 7.92. The van der Waals surface area contributed by atoms with Crippen molar-refractivity contribution in [3.63, 3.8) is 0 Å². The lowest BCUT2D eigenvalue weighted by molar-refractivity contribution is -0.384. The molecule has 0 radical (unpaired) electrons. The minimum Gasteiger partial charge on any atom is -0.494 e. The third kappa shape index (κ3) is 5.80. The zero-order valence-corrected chi connectivity index (χ0v) is 22.5. The Morgan fingerprint density at radius 1 is 1.08 bits per heavy atom. The van der Waals surface area contributed by atoms with Crippen LogP contribution in [-0.4, -0.2) is 67.5 Å². The number of halogens is 1. The number of aromatic nitrogens is 1. The number of rotatable bonds is 9. The van der Waals surface area contributed by atoms with E-state index in [1.807, 2.05) is 49.3 Å². The van der Waals surface area contributed by atoms with E-state index in [2.05, 4.69) is 4.98 Å². The second-order valence-electron chi connectivity index (χ2n) is 8.94. The lowest BCUT2D eigenvalue weighted by atomic mass is 10.0. The summed E-state index contributed by atoms with van der Waals surface area (Å²) >= 11 is 6.08. The maximum absolute atomic E-state index is 12.4. The van der Waals surface area contributed by atoms with Crippen molar-refractivity contribution in [2.45, 2.75) is 0 Å². The topological polar surface area (TPSA) is 132 Å². The van der Waals surface area contributed by atoms with E-state index in [1.54, 1.807) is 24.3 Å². The molecule has 3 aromatic carbocycles. The SMILES string of the molecule is CN(C)CCN(c1ccc(N=C(c2ccccc2)c2c(O)[nH]c3cc(Cl)c([N+](=O)[O-])cc23)cc1)S(C)(=O)=O. The number of nitrogens with zero attached hydrogens (tertiary/aromatic N) is 4. The summed E-state index contributed by atoms with van der Waals surface area (Å²) in [4.78, 5) is 20.4. The maximum Gasteiger partial charge on any atom is 0.288 e. The van der Waals surface area contributed by atoms with Crippen LogP contribution in [0.2, 0.25) is 5.02 Å². The van der Waals surface area contributed by atoms with Crippen molar-refractivity contribution in [2.75, 3.05) is 37.7 Å². The van der Waals surface area contributed by atoms with Crippen molar-refractivity contribution in [1.29, 1.82) is 0 Å². The zero-order chi connectivity index (χ0) is 27.6. The van der Waals surface area contributed by atoms with Crippen LogP contribution in [0.15, 0.2) is 71.7 Å². The number of hydrogen-bond donors (Lipinski definition) is 2. The number of sulfonamides is 1. The maximum atomic E-state index is 12.4. The molecule has 10 nitrogen and oxygen atoms in total. The number of aromatic hydroxyl groups is 1. The first kappa shape index (κ1) is 27.1. The molecule has 0 spiro atoms. The van der Waals surface area contributed by atoms with Crippen LogP contribution >= 0.6 is 11.6 Å². The highest BCUT2D eigenvalue weighted by atomic mass is 35.5. The van der Waals surface area contributed by atoms with Crippen molar-refractivity contribution < 1.29 is 18.4 Å². The highest BCUT2D eigenvalue weighted by Crippen LogP contribution is 2.37. The molecule has 4 aromatic rings. The molecule has 0 aliphatic heterocycles. The smallest absolute Gasteiger partial charge is 0.288 e. The average Bonchev–Trinajstić information content (AvgIpc) is 3.16. The van der Waals surface area contributed by atoms with Gasteiger partial charge in [0.2, 0.25) is 10.0 Å². The molecule has 0 amide bonds. The standard InChI is InChI=1S/C26H26ClN5O5S/c1-30(2)13-14-31(38(3,36)37)19-11-9-18(10-12-19)28-25(17-7-5-4-6-8-17)24-20-15-23(32(34)35)21(27)16-22(20)29-26(24)33/h4-12,15-16,29,33H,13-14H2,1-3H3. The predicted octanol–water partition coefficient (Wildman–Crippen LogP) is 4.93. The molecule has 1 heterocycles. The van der Waals surface area contributed by atoms with Crippen molar-refractivity contribution in [1.82, 2.24) is 9.88 Å². The molecule has 0 saturated carbocycles. The predicted molar refractivity (Wildman–Crippen MR) is 151 cm³/mol. The van der Waals surface area contributed by atoms with Crippen LogP contribution < -0.4 is 4.31 Å². The lowest BCUT2D eigenvalue weighted by Crippen LogP contribution is -2.35. The van der Waals surface area contributed by atoms with Gasteiger partial charge in [0.05, 0.1) is 39.3 Å². The highest BCUT2D eigenvalue weighted by Gasteiger charge is 2.23. The number of likely N-dealkylation sites (N-methyl/N-ethyl adjacent to an activating group) is 1. The van der Waals surface area contributed by atoms with Crippen LogP contribution in [0.5, 0.6) is 5.88 Å². The summed E-state index contributed by atoms with van der Waals surface area (Å²) in [6, 6.07) is 18.5. The number of H-pyrrole nitrogens is 1. The van der Waals surface area contributed by atoms with Crippen LogP contribution in [-0.2, 0) is 10.0 Å². The number of nitrogens with one attached hydrogen (secondary N) is 1. The summed E-state index contributed by atoms with van der Waals surface area (Å²) in [6.45, 7) is 0.829. The minimum absolute atomic E-state index is 0.0613. The normalized spacial score (nSPS) is 12.3. The molecule has 0 fully saturated rings. The summed E-state index contributed by atoms with van der Waals surface area (Å²) < 4.78 is 26.1. The monoisotopic (exact) mass is 555 g/mol. The van der Waals surface area contributed by atoms with Crippen molar-refractivity contribution in [2.24, 2.45) is 4.99 Å². The number of hydrogen-bond acceptors (Lipinski definition) is 7. The number of fused-ring (bicyclic) bond motifs is 1. The van der Waals surface area contributed by atoms with E-state index in [0.717, 1.165) is 6.26 Å². The summed E-state index contributed by atoms with van der Waals surface area (Å²) in [6.07, 6.45) is 1.16. The second kappa shape index (κ2) is 10.8. The molecule has 0 unspecified atom stereocenters. The van der Waals surface area contributed by atoms with E-state index in [1.165, 1.54) is 16.4 Å². The molecule has 0 saturated heterocycles. The van der Waals surface area contributed by atoms with Crippen molar-refractivity contribution >= 4 is 55.3 Å².